The highest BCUT2D eigenvalue weighted by molar-refractivity contribution is 6.07. The van der Waals surface area contributed by atoms with Crippen LogP contribution in [-0.4, -0.2) is 18.1 Å². The summed E-state index contributed by atoms with van der Waals surface area (Å²) in [6.07, 6.45) is 0. The van der Waals surface area contributed by atoms with Gasteiger partial charge >= 0.3 is 0 Å². The van der Waals surface area contributed by atoms with E-state index in [4.69, 9.17) is 10.5 Å². The van der Waals surface area contributed by atoms with Gasteiger partial charge in [0.15, 0.2) is 0 Å². The number of nitrogens with one attached hydrogen (secondary N) is 1. The van der Waals surface area contributed by atoms with E-state index in [1.54, 1.807) is 30.3 Å². The summed E-state index contributed by atoms with van der Waals surface area (Å²) >= 11 is 0. The Bertz CT molecular complexity index is 654. The molecule has 0 fully saturated rings. The second-order valence-corrected chi connectivity index (χ2v) is 4.43. The van der Waals surface area contributed by atoms with E-state index >= 15 is 0 Å². The fourth-order valence-electron chi connectivity index (χ4n) is 1.80. The summed E-state index contributed by atoms with van der Waals surface area (Å²) < 4.78 is 5.04. The fourth-order valence-corrected chi connectivity index (χ4v) is 1.80. The minimum absolute atomic E-state index is 0.0606. The lowest BCUT2D eigenvalue weighted by atomic mass is 10.1. The quantitative estimate of drug-likeness (QED) is 0.750. The van der Waals surface area contributed by atoms with E-state index in [-0.39, 0.29) is 11.3 Å². The summed E-state index contributed by atoms with van der Waals surface area (Å²) in [4.78, 5) is 12.1. The Morgan fingerprint density at radius 1 is 1.25 bits per heavy atom. The smallest absolute Gasteiger partial charge is 0.259 e. The Labute approximate surface area is 117 Å². The number of hydrogen-bond acceptors (Lipinski definition) is 4. The summed E-state index contributed by atoms with van der Waals surface area (Å²) in [6.45, 7) is 1.84. The maximum Gasteiger partial charge on any atom is 0.259 e. The van der Waals surface area contributed by atoms with Crippen LogP contribution >= 0.6 is 0 Å². The third-order valence-electron chi connectivity index (χ3n) is 2.90. The Kier molecular flexibility index (Phi) is 3.79. The molecule has 0 aliphatic heterocycles. The van der Waals surface area contributed by atoms with Crippen LogP contribution in [0.25, 0.3) is 0 Å². The van der Waals surface area contributed by atoms with Crippen molar-refractivity contribution in [3.05, 3.63) is 47.5 Å². The molecule has 2 aromatic rings. The fraction of sp³-hybridized carbons (Fsp3) is 0.133. The van der Waals surface area contributed by atoms with Crippen molar-refractivity contribution in [1.29, 1.82) is 0 Å². The van der Waals surface area contributed by atoms with E-state index in [0.717, 1.165) is 5.56 Å². The molecule has 0 heterocycles. The third-order valence-corrected chi connectivity index (χ3v) is 2.90. The molecule has 0 saturated heterocycles. The molecule has 2 rings (SSSR count). The zero-order chi connectivity index (χ0) is 14.7. The van der Waals surface area contributed by atoms with E-state index in [9.17, 15) is 9.90 Å². The molecule has 0 spiro atoms. The predicted octanol–water partition coefficient (Wildman–Crippen LogP) is 2.54. The first kappa shape index (κ1) is 13.7. The maximum absolute atomic E-state index is 12.1. The number of aromatic hydroxyl groups is 1. The number of rotatable bonds is 3. The van der Waals surface area contributed by atoms with Crippen molar-refractivity contribution >= 4 is 17.3 Å². The predicted molar refractivity (Wildman–Crippen MR) is 78.2 cm³/mol. The van der Waals surface area contributed by atoms with Crippen LogP contribution < -0.4 is 15.8 Å². The zero-order valence-electron chi connectivity index (χ0n) is 11.3. The van der Waals surface area contributed by atoms with Gasteiger partial charge in [0.1, 0.15) is 11.5 Å². The number of phenolic OH excluding ortho intramolecular Hbond substituents is 1. The van der Waals surface area contributed by atoms with Crippen LogP contribution in [0.1, 0.15) is 15.9 Å². The largest absolute Gasteiger partial charge is 0.507 e. The minimum atomic E-state index is -0.417. The Hall–Kier alpha value is -2.69. The van der Waals surface area contributed by atoms with Crippen molar-refractivity contribution in [3.8, 4) is 11.5 Å². The summed E-state index contributed by atoms with van der Waals surface area (Å²) in [5.41, 5.74) is 7.77. The highest BCUT2D eigenvalue weighted by atomic mass is 16.5. The van der Waals surface area contributed by atoms with E-state index in [1.165, 1.54) is 13.2 Å². The van der Waals surface area contributed by atoms with Gasteiger partial charge in [-0.15, -0.1) is 0 Å². The topological polar surface area (TPSA) is 84.6 Å². The number of benzene rings is 2. The van der Waals surface area contributed by atoms with E-state index in [0.29, 0.717) is 17.1 Å². The number of nitrogens with two attached hydrogens (primary N) is 1. The third kappa shape index (κ3) is 2.83. The molecule has 5 nitrogen and oxygen atoms in total. The molecule has 5 heteroatoms. The standard InChI is InChI=1S/C15H16N2O3/c1-9-3-5-11(14(18)7-9)15(19)17-13-6-4-10(20-2)8-12(13)16/h3-8,18H,16H2,1-2H3,(H,17,19). The van der Waals surface area contributed by atoms with Crippen LogP contribution in [0.5, 0.6) is 11.5 Å². The summed E-state index contributed by atoms with van der Waals surface area (Å²) in [6, 6.07) is 9.82. The van der Waals surface area contributed by atoms with Crippen LogP contribution in [0.4, 0.5) is 11.4 Å². The van der Waals surface area contributed by atoms with Gasteiger partial charge in [-0.25, -0.2) is 0 Å². The minimum Gasteiger partial charge on any atom is -0.507 e. The lowest BCUT2D eigenvalue weighted by Gasteiger charge is -2.10. The van der Waals surface area contributed by atoms with Crippen molar-refractivity contribution in [1.82, 2.24) is 0 Å². The number of carbonyl (C=O) groups is 1. The summed E-state index contributed by atoms with van der Waals surface area (Å²) in [7, 11) is 1.54. The molecular formula is C15H16N2O3. The Balaban J connectivity index is 2.23. The number of phenols is 1. The van der Waals surface area contributed by atoms with Gasteiger partial charge in [0.05, 0.1) is 24.0 Å². The number of methoxy groups -OCH3 is 1. The molecule has 20 heavy (non-hydrogen) atoms. The number of ether oxygens (including phenoxy) is 1. The molecular weight excluding hydrogens is 256 g/mol. The van der Waals surface area contributed by atoms with Crippen molar-refractivity contribution in [2.24, 2.45) is 0 Å². The van der Waals surface area contributed by atoms with Crippen molar-refractivity contribution in [2.45, 2.75) is 6.92 Å². The number of anilines is 2. The number of aryl methyl sites for hydroxylation is 1. The average Bonchev–Trinajstić information content (AvgIpc) is 2.40. The van der Waals surface area contributed by atoms with Crippen molar-refractivity contribution < 1.29 is 14.6 Å². The molecule has 0 unspecified atom stereocenters. The van der Waals surface area contributed by atoms with E-state index < -0.39 is 5.91 Å². The first-order chi connectivity index (χ1) is 9.51. The number of amides is 1. The SMILES string of the molecule is COc1ccc(NC(=O)c2ccc(C)cc2O)c(N)c1. The molecule has 0 saturated carbocycles. The zero-order valence-corrected chi connectivity index (χ0v) is 11.3. The molecule has 0 atom stereocenters. The molecule has 4 N–H and O–H groups in total. The normalized spacial score (nSPS) is 10.1. The lowest BCUT2D eigenvalue weighted by molar-refractivity contribution is 0.102. The van der Waals surface area contributed by atoms with Crippen LogP contribution in [-0.2, 0) is 0 Å². The van der Waals surface area contributed by atoms with Crippen LogP contribution in [0, 0.1) is 6.92 Å². The molecule has 2 aromatic carbocycles. The molecule has 104 valence electrons. The number of carbonyl (C=O) groups excluding carboxylic acids is 1. The summed E-state index contributed by atoms with van der Waals surface area (Å²) in [5, 5.41) is 12.4. The Morgan fingerprint density at radius 2 is 2.00 bits per heavy atom. The van der Waals surface area contributed by atoms with Gasteiger partial charge in [-0.3, -0.25) is 4.79 Å². The molecule has 0 bridgehead atoms. The van der Waals surface area contributed by atoms with E-state index in [1.807, 2.05) is 6.92 Å². The molecule has 0 radical (unpaired) electrons. The summed E-state index contributed by atoms with van der Waals surface area (Å²) in [5.74, 6) is 0.132. The van der Waals surface area contributed by atoms with Gasteiger partial charge in [-0.05, 0) is 36.8 Å². The first-order valence-electron chi connectivity index (χ1n) is 6.05. The monoisotopic (exact) mass is 272 g/mol. The highest BCUT2D eigenvalue weighted by Gasteiger charge is 2.12. The van der Waals surface area contributed by atoms with E-state index in [2.05, 4.69) is 5.32 Å². The molecule has 0 aromatic heterocycles. The van der Waals surface area contributed by atoms with Crippen LogP contribution in [0.3, 0.4) is 0 Å². The van der Waals surface area contributed by atoms with Gasteiger partial charge in [-0.2, -0.15) is 0 Å². The van der Waals surface area contributed by atoms with Gasteiger partial charge in [0.25, 0.3) is 5.91 Å². The van der Waals surface area contributed by atoms with Crippen molar-refractivity contribution in [3.63, 3.8) is 0 Å². The lowest BCUT2D eigenvalue weighted by Crippen LogP contribution is -2.13. The Morgan fingerprint density at radius 3 is 2.60 bits per heavy atom. The van der Waals surface area contributed by atoms with Crippen LogP contribution in [0.15, 0.2) is 36.4 Å². The van der Waals surface area contributed by atoms with Gasteiger partial charge in [-0.1, -0.05) is 6.07 Å². The highest BCUT2D eigenvalue weighted by Crippen LogP contribution is 2.26. The number of nitrogen functional groups attached to an aromatic ring is 1. The molecule has 0 aliphatic carbocycles. The maximum atomic E-state index is 12.1. The second-order valence-electron chi connectivity index (χ2n) is 4.43. The first-order valence-corrected chi connectivity index (χ1v) is 6.05. The van der Waals surface area contributed by atoms with Gasteiger partial charge in [0.2, 0.25) is 0 Å². The van der Waals surface area contributed by atoms with Crippen molar-refractivity contribution in [2.75, 3.05) is 18.2 Å². The molecule has 1 amide bonds. The average molecular weight is 272 g/mol. The van der Waals surface area contributed by atoms with Gasteiger partial charge < -0.3 is 20.9 Å². The van der Waals surface area contributed by atoms with Crippen LogP contribution in [0.2, 0.25) is 0 Å². The van der Waals surface area contributed by atoms with Gasteiger partial charge in [0, 0.05) is 6.07 Å². The molecule has 0 aliphatic rings. The second kappa shape index (κ2) is 5.52. The number of hydrogen-bond donors (Lipinski definition) is 3.